The number of hydrogen-bond donors (Lipinski definition) is 0. The average Bonchev–Trinajstić information content (AvgIpc) is 3.08. The summed E-state index contributed by atoms with van der Waals surface area (Å²) in [7, 11) is 0. The van der Waals surface area contributed by atoms with E-state index in [0.717, 1.165) is 34.4 Å². The Hall–Kier alpha value is -1.69. The number of ether oxygens (including phenoxy) is 1. The Kier molecular flexibility index (Phi) is 6.91. The van der Waals surface area contributed by atoms with Crippen LogP contribution >= 0.6 is 35.0 Å². The van der Waals surface area contributed by atoms with E-state index in [1.54, 1.807) is 11.8 Å². The van der Waals surface area contributed by atoms with Gasteiger partial charge in [0.2, 0.25) is 0 Å². The minimum atomic E-state index is -0.216. The third-order valence-corrected chi connectivity index (χ3v) is 6.39. The predicted octanol–water partition coefficient (Wildman–Crippen LogP) is 6.65. The van der Waals surface area contributed by atoms with Gasteiger partial charge in [-0.15, -0.1) is 10.2 Å². The summed E-state index contributed by atoms with van der Waals surface area (Å²) >= 11 is 14.1. The third kappa shape index (κ3) is 4.48. The van der Waals surface area contributed by atoms with Gasteiger partial charge in [0, 0.05) is 22.3 Å². The quantitative estimate of drug-likeness (QED) is 0.389. The van der Waals surface area contributed by atoms with Crippen molar-refractivity contribution in [1.82, 2.24) is 14.8 Å². The van der Waals surface area contributed by atoms with Crippen molar-refractivity contribution in [2.45, 2.75) is 51.3 Å². The molecule has 7 heteroatoms. The summed E-state index contributed by atoms with van der Waals surface area (Å²) in [5.41, 5.74) is 3.25. The van der Waals surface area contributed by atoms with Crippen LogP contribution in [0.25, 0.3) is 0 Å². The molecule has 3 aromatic rings. The van der Waals surface area contributed by atoms with E-state index < -0.39 is 0 Å². The van der Waals surface area contributed by atoms with Gasteiger partial charge >= 0.3 is 0 Å². The summed E-state index contributed by atoms with van der Waals surface area (Å²) in [6.45, 7) is 8.97. The highest BCUT2D eigenvalue weighted by atomic mass is 35.5. The van der Waals surface area contributed by atoms with Crippen LogP contribution in [0.2, 0.25) is 10.0 Å². The zero-order valence-corrected chi connectivity index (χ0v) is 18.7. The summed E-state index contributed by atoms with van der Waals surface area (Å²) < 4.78 is 8.27. The Balaban J connectivity index is 1.78. The first-order valence-corrected chi connectivity index (χ1v) is 10.9. The first-order valence-electron chi connectivity index (χ1n) is 9.14. The van der Waals surface area contributed by atoms with E-state index in [0.29, 0.717) is 15.8 Å². The molecule has 0 spiro atoms. The number of hydrogen-bond acceptors (Lipinski definition) is 4. The molecule has 0 N–H and O–H groups in total. The van der Waals surface area contributed by atoms with Gasteiger partial charge in [-0.1, -0.05) is 53.2 Å². The molecular weight excluding hydrogens is 413 g/mol. The lowest BCUT2D eigenvalue weighted by molar-refractivity contribution is 0.208. The molecule has 0 aliphatic carbocycles. The fourth-order valence-corrected chi connectivity index (χ4v) is 4.66. The lowest BCUT2D eigenvalue weighted by atomic mass is 10.1. The minimum absolute atomic E-state index is 0.216. The number of aromatic nitrogens is 3. The van der Waals surface area contributed by atoms with Crippen LogP contribution in [0.3, 0.4) is 0 Å². The van der Waals surface area contributed by atoms with Gasteiger partial charge in [0.25, 0.3) is 0 Å². The van der Waals surface area contributed by atoms with Crippen molar-refractivity contribution in [3.63, 3.8) is 0 Å². The Bertz CT molecular complexity index is 954. The molecular formula is C21H23Cl2N3OS. The van der Waals surface area contributed by atoms with Crippen LogP contribution in [0.15, 0.2) is 41.6 Å². The fourth-order valence-electron chi connectivity index (χ4n) is 2.91. The maximum atomic E-state index is 6.28. The van der Waals surface area contributed by atoms with Gasteiger partial charge in [0.1, 0.15) is 5.75 Å². The van der Waals surface area contributed by atoms with Gasteiger partial charge in [0.15, 0.2) is 17.1 Å². The van der Waals surface area contributed by atoms with E-state index in [1.807, 2.05) is 37.3 Å². The molecule has 0 radical (unpaired) electrons. The van der Waals surface area contributed by atoms with Crippen molar-refractivity contribution >= 4 is 35.0 Å². The van der Waals surface area contributed by atoms with E-state index in [1.165, 1.54) is 5.56 Å². The molecule has 0 saturated carbocycles. The Morgan fingerprint density at radius 2 is 1.75 bits per heavy atom. The van der Waals surface area contributed by atoms with Crippen LogP contribution in [0, 0.1) is 13.8 Å². The molecule has 0 amide bonds. The summed E-state index contributed by atoms with van der Waals surface area (Å²) in [6.07, 6.45) is -0.216. The molecule has 2 aromatic carbocycles. The van der Waals surface area contributed by atoms with E-state index in [2.05, 4.69) is 41.6 Å². The van der Waals surface area contributed by atoms with E-state index in [-0.39, 0.29) is 6.10 Å². The Morgan fingerprint density at radius 3 is 2.43 bits per heavy atom. The largest absolute Gasteiger partial charge is 0.482 e. The highest BCUT2D eigenvalue weighted by Crippen LogP contribution is 2.32. The third-order valence-electron chi connectivity index (χ3n) is 4.69. The molecule has 28 heavy (non-hydrogen) atoms. The molecule has 0 fully saturated rings. The van der Waals surface area contributed by atoms with Crippen molar-refractivity contribution < 1.29 is 4.74 Å². The van der Waals surface area contributed by atoms with Crippen molar-refractivity contribution in [3.8, 4) is 5.75 Å². The van der Waals surface area contributed by atoms with E-state index in [9.17, 15) is 0 Å². The molecule has 1 atom stereocenters. The molecule has 1 aromatic heterocycles. The number of benzene rings is 2. The zero-order chi connectivity index (χ0) is 20.3. The first kappa shape index (κ1) is 21.0. The molecule has 4 nitrogen and oxygen atoms in total. The van der Waals surface area contributed by atoms with Crippen LogP contribution in [-0.2, 0) is 12.3 Å². The Labute approximate surface area is 180 Å². The standard InChI is InChI=1S/C21H23Cl2N3OS/c1-5-26-20(15(4)27-19-11-6-8-13(2)14(19)3)24-25-21(26)28-12-16-17(22)9-7-10-18(16)23/h6-11,15H,5,12H2,1-4H3. The first-order chi connectivity index (χ1) is 13.4. The molecule has 1 heterocycles. The molecule has 0 bridgehead atoms. The maximum Gasteiger partial charge on any atom is 0.191 e. The lowest BCUT2D eigenvalue weighted by Gasteiger charge is -2.18. The predicted molar refractivity (Wildman–Crippen MR) is 117 cm³/mol. The van der Waals surface area contributed by atoms with E-state index in [4.69, 9.17) is 27.9 Å². The SMILES string of the molecule is CCn1c(SCc2c(Cl)cccc2Cl)nnc1C(C)Oc1cccc(C)c1C. The van der Waals surface area contributed by atoms with E-state index >= 15 is 0 Å². The van der Waals surface area contributed by atoms with Crippen LogP contribution in [0.5, 0.6) is 5.75 Å². The zero-order valence-electron chi connectivity index (χ0n) is 16.4. The molecule has 3 rings (SSSR count). The van der Waals surface area contributed by atoms with Gasteiger partial charge in [-0.3, -0.25) is 0 Å². The second kappa shape index (κ2) is 9.21. The van der Waals surface area contributed by atoms with Gasteiger partial charge in [-0.25, -0.2) is 0 Å². The molecule has 0 aliphatic rings. The number of thioether (sulfide) groups is 1. The summed E-state index contributed by atoms with van der Waals surface area (Å²) in [5, 5.41) is 10.9. The minimum Gasteiger partial charge on any atom is -0.482 e. The summed E-state index contributed by atoms with van der Waals surface area (Å²) in [6, 6.07) is 11.6. The molecule has 148 valence electrons. The van der Waals surface area contributed by atoms with Crippen LogP contribution in [0.4, 0.5) is 0 Å². The highest BCUT2D eigenvalue weighted by Gasteiger charge is 2.20. The van der Waals surface area contributed by atoms with Crippen LogP contribution < -0.4 is 4.74 Å². The smallest absolute Gasteiger partial charge is 0.191 e. The molecule has 0 aliphatic heterocycles. The maximum absolute atomic E-state index is 6.28. The van der Waals surface area contributed by atoms with Crippen LogP contribution in [0.1, 0.15) is 42.5 Å². The second-order valence-electron chi connectivity index (χ2n) is 6.53. The number of halogens is 2. The number of rotatable bonds is 7. The molecule has 0 saturated heterocycles. The number of nitrogens with zero attached hydrogens (tertiary/aromatic N) is 3. The molecule has 1 unspecified atom stereocenters. The Morgan fingerprint density at radius 1 is 1.07 bits per heavy atom. The monoisotopic (exact) mass is 435 g/mol. The average molecular weight is 436 g/mol. The van der Waals surface area contributed by atoms with Crippen molar-refractivity contribution in [2.75, 3.05) is 0 Å². The van der Waals surface area contributed by atoms with Gasteiger partial charge < -0.3 is 9.30 Å². The second-order valence-corrected chi connectivity index (χ2v) is 8.29. The fraction of sp³-hybridized carbons (Fsp3) is 0.333. The van der Waals surface area contributed by atoms with Crippen molar-refractivity contribution in [1.29, 1.82) is 0 Å². The van der Waals surface area contributed by atoms with Gasteiger partial charge in [-0.05, 0) is 62.6 Å². The summed E-state index contributed by atoms with van der Waals surface area (Å²) in [5.74, 6) is 2.30. The lowest BCUT2D eigenvalue weighted by Crippen LogP contribution is -2.12. The normalized spacial score (nSPS) is 12.2. The topological polar surface area (TPSA) is 39.9 Å². The highest BCUT2D eigenvalue weighted by molar-refractivity contribution is 7.98. The van der Waals surface area contributed by atoms with Crippen molar-refractivity contribution in [3.05, 3.63) is 69.0 Å². The van der Waals surface area contributed by atoms with Gasteiger partial charge in [-0.2, -0.15) is 0 Å². The van der Waals surface area contributed by atoms with Crippen LogP contribution in [-0.4, -0.2) is 14.8 Å². The van der Waals surface area contributed by atoms with Crippen molar-refractivity contribution in [2.24, 2.45) is 0 Å². The number of aryl methyl sites for hydroxylation is 1. The summed E-state index contributed by atoms with van der Waals surface area (Å²) in [4.78, 5) is 0. The van der Waals surface area contributed by atoms with Gasteiger partial charge in [0.05, 0.1) is 0 Å².